The maximum atomic E-state index is 2.48. The van der Waals surface area contributed by atoms with Gasteiger partial charge in [0.25, 0.3) is 11.4 Å². The van der Waals surface area contributed by atoms with E-state index in [0.29, 0.717) is 0 Å². The summed E-state index contributed by atoms with van der Waals surface area (Å²) in [6, 6.07) is 9.47. The second-order valence-corrected chi connectivity index (χ2v) is 11.5. The molecule has 2 heteroatoms. The van der Waals surface area contributed by atoms with Crippen LogP contribution in [0.5, 0.6) is 0 Å². The first kappa shape index (κ1) is 28.9. The fraction of sp³-hybridized carbons (Fsp3) is 0.706. The van der Waals surface area contributed by atoms with E-state index in [9.17, 15) is 0 Å². The van der Waals surface area contributed by atoms with E-state index in [1.54, 1.807) is 0 Å². The van der Waals surface area contributed by atoms with Crippen molar-refractivity contribution in [1.29, 1.82) is 0 Å². The summed E-state index contributed by atoms with van der Waals surface area (Å²) in [5.41, 5.74) is 5.66. The molecular formula is C34H56N2+2. The third-order valence-corrected chi connectivity index (χ3v) is 8.17. The van der Waals surface area contributed by atoms with Crippen molar-refractivity contribution in [2.24, 2.45) is 0 Å². The van der Waals surface area contributed by atoms with Gasteiger partial charge < -0.3 is 0 Å². The Morgan fingerprint density at radius 3 is 1.53 bits per heavy atom. The molecule has 0 aromatic carbocycles. The summed E-state index contributed by atoms with van der Waals surface area (Å²) in [4.78, 5) is 0. The molecule has 0 fully saturated rings. The van der Waals surface area contributed by atoms with Crippen LogP contribution in [0.4, 0.5) is 0 Å². The third kappa shape index (κ3) is 10.7. The molecule has 0 saturated carbocycles. The van der Waals surface area contributed by atoms with Gasteiger partial charge in [-0.1, -0.05) is 110 Å². The molecule has 36 heavy (non-hydrogen) atoms. The van der Waals surface area contributed by atoms with Crippen LogP contribution < -0.4 is 9.13 Å². The number of nitrogens with zero attached hydrogens (tertiary/aromatic N) is 2. The molecule has 0 radical (unpaired) electrons. The number of rotatable bonds is 18. The minimum atomic E-state index is 1.14. The molecule has 0 atom stereocenters. The number of fused-ring (bicyclic) bond motifs is 3. The van der Waals surface area contributed by atoms with Crippen LogP contribution in [0, 0.1) is 6.92 Å². The summed E-state index contributed by atoms with van der Waals surface area (Å²) < 4.78 is 4.93. The average Bonchev–Trinajstić information content (AvgIpc) is 2.88. The van der Waals surface area contributed by atoms with Gasteiger partial charge in [-0.3, -0.25) is 0 Å². The lowest BCUT2D eigenvalue weighted by atomic mass is 10.0. The van der Waals surface area contributed by atoms with Crippen LogP contribution >= 0.6 is 0 Å². The molecule has 2 nitrogen and oxygen atoms in total. The van der Waals surface area contributed by atoms with E-state index in [4.69, 9.17) is 0 Å². The van der Waals surface area contributed by atoms with Gasteiger partial charge in [-0.15, -0.1) is 0 Å². The maximum Gasteiger partial charge on any atom is 0.277 e. The number of hydrogen-bond acceptors (Lipinski definition) is 0. The smallest absolute Gasteiger partial charge is 0.193 e. The Labute approximate surface area is 223 Å². The molecule has 0 spiro atoms. The lowest BCUT2D eigenvalue weighted by Gasteiger charge is -2.11. The standard InChI is InChI=1S/C34H56N2/c1-3-4-5-6-7-8-9-10-11-12-13-14-15-16-17-18-19-22-32-24-28-36-26-21-20-25-35-27-23-31(2)29-33(35)34(36)30-32/h23-24,27-30H,3-22,25-26H2,1-2H3/q+2. The van der Waals surface area contributed by atoms with Gasteiger partial charge in [0.15, 0.2) is 12.4 Å². The quantitative estimate of drug-likeness (QED) is 0.145. The Bertz CT molecular complexity index is 856. The Morgan fingerprint density at radius 2 is 1.00 bits per heavy atom. The van der Waals surface area contributed by atoms with E-state index in [0.717, 1.165) is 13.1 Å². The van der Waals surface area contributed by atoms with Crippen LogP contribution in [-0.4, -0.2) is 0 Å². The van der Waals surface area contributed by atoms with Crippen molar-refractivity contribution in [3.05, 3.63) is 47.8 Å². The predicted octanol–water partition coefficient (Wildman–Crippen LogP) is 9.22. The fourth-order valence-corrected chi connectivity index (χ4v) is 5.81. The van der Waals surface area contributed by atoms with Gasteiger partial charge in [-0.2, -0.15) is 9.13 Å². The van der Waals surface area contributed by atoms with Crippen molar-refractivity contribution in [1.82, 2.24) is 0 Å². The maximum absolute atomic E-state index is 2.48. The molecule has 0 N–H and O–H groups in total. The van der Waals surface area contributed by atoms with E-state index in [2.05, 4.69) is 59.6 Å². The third-order valence-electron chi connectivity index (χ3n) is 8.17. The zero-order chi connectivity index (χ0) is 25.3. The minimum Gasteiger partial charge on any atom is -0.193 e. The molecule has 2 aromatic heterocycles. The van der Waals surface area contributed by atoms with Gasteiger partial charge in [0, 0.05) is 37.1 Å². The monoisotopic (exact) mass is 492 g/mol. The van der Waals surface area contributed by atoms with E-state index >= 15 is 0 Å². The molecule has 1 aliphatic rings. The van der Waals surface area contributed by atoms with Gasteiger partial charge in [0.1, 0.15) is 13.1 Å². The summed E-state index contributed by atoms with van der Waals surface area (Å²) >= 11 is 0. The summed E-state index contributed by atoms with van der Waals surface area (Å²) in [5, 5.41) is 0. The number of pyridine rings is 2. The SMILES string of the molecule is CCCCCCCCCCCCCCCCCCCc1cc[n+]2c(c1)-c1cc(C)cc[n+]1CCCC2. The molecule has 0 bridgehead atoms. The Balaban J connectivity index is 1.24. The van der Waals surface area contributed by atoms with E-state index in [1.807, 2.05) is 0 Å². The summed E-state index contributed by atoms with van der Waals surface area (Å²) in [5.74, 6) is 0. The first-order chi connectivity index (χ1) is 17.8. The van der Waals surface area contributed by atoms with E-state index in [1.165, 1.54) is 151 Å². The van der Waals surface area contributed by atoms with Crippen molar-refractivity contribution in [2.75, 3.05) is 0 Å². The molecule has 2 aromatic rings. The Kier molecular flexibility index (Phi) is 14.2. The topological polar surface area (TPSA) is 7.76 Å². The average molecular weight is 493 g/mol. The second kappa shape index (κ2) is 17.7. The van der Waals surface area contributed by atoms with Crippen LogP contribution in [0.25, 0.3) is 11.4 Å². The fourth-order valence-electron chi connectivity index (χ4n) is 5.81. The minimum absolute atomic E-state index is 1.14. The predicted molar refractivity (Wildman–Crippen MR) is 154 cm³/mol. The largest absolute Gasteiger partial charge is 0.277 e. The highest BCUT2D eigenvalue weighted by Gasteiger charge is 2.25. The van der Waals surface area contributed by atoms with Crippen molar-refractivity contribution < 1.29 is 9.13 Å². The van der Waals surface area contributed by atoms with Crippen molar-refractivity contribution >= 4 is 0 Å². The van der Waals surface area contributed by atoms with Crippen LogP contribution in [0.3, 0.4) is 0 Å². The molecule has 0 amide bonds. The first-order valence-corrected chi connectivity index (χ1v) is 15.8. The highest BCUT2D eigenvalue weighted by Crippen LogP contribution is 2.19. The summed E-state index contributed by atoms with van der Waals surface area (Å²) in [6.07, 6.45) is 32.8. The van der Waals surface area contributed by atoms with Crippen LogP contribution in [0.15, 0.2) is 36.7 Å². The molecule has 0 saturated heterocycles. The molecule has 0 unspecified atom stereocenters. The van der Waals surface area contributed by atoms with Crippen molar-refractivity contribution in [3.63, 3.8) is 0 Å². The molecule has 200 valence electrons. The number of hydrogen-bond donors (Lipinski definition) is 0. The zero-order valence-corrected chi connectivity index (χ0v) is 23.9. The highest BCUT2D eigenvalue weighted by molar-refractivity contribution is 5.49. The second-order valence-electron chi connectivity index (χ2n) is 11.5. The zero-order valence-electron chi connectivity index (χ0n) is 23.9. The van der Waals surface area contributed by atoms with Crippen molar-refractivity contribution in [2.45, 2.75) is 155 Å². The van der Waals surface area contributed by atoms with Gasteiger partial charge in [-0.25, -0.2) is 0 Å². The first-order valence-electron chi connectivity index (χ1n) is 15.8. The molecule has 1 aliphatic heterocycles. The molecular weight excluding hydrogens is 436 g/mol. The van der Waals surface area contributed by atoms with Crippen LogP contribution in [0.1, 0.15) is 140 Å². The van der Waals surface area contributed by atoms with Gasteiger partial charge in [-0.05, 0) is 30.9 Å². The van der Waals surface area contributed by atoms with Gasteiger partial charge >= 0.3 is 0 Å². The van der Waals surface area contributed by atoms with Crippen LogP contribution in [-0.2, 0) is 19.5 Å². The molecule has 3 rings (SSSR count). The number of aromatic nitrogens is 2. The summed E-state index contributed by atoms with van der Waals surface area (Å²) in [6.45, 7) is 6.80. The van der Waals surface area contributed by atoms with Gasteiger partial charge in [0.05, 0.1) is 0 Å². The van der Waals surface area contributed by atoms with Crippen molar-refractivity contribution in [3.8, 4) is 11.4 Å². The Hall–Kier alpha value is -1.70. The highest BCUT2D eigenvalue weighted by atomic mass is 15.0. The molecule has 0 aliphatic carbocycles. The van der Waals surface area contributed by atoms with Crippen LogP contribution in [0.2, 0.25) is 0 Å². The Morgan fingerprint density at radius 1 is 0.556 bits per heavy atom. The van der Waals surface area contributed by atoms with E-state index < -0.39 is 0 Å². The lowest BCUT2D eigenvalue weighted by Crippen LogP contribution is -2.45. The number of aryl methyl sites for hydroxylation is 4. The van der Waals surface area contributed by atoms with E-state index in [-0.39, 0.29) is 0 Å². The lowest BCUT2D eigenvalue weighted by molar-refractivity contribution is -0.725. The summed E-state index contributed by atoms with van der Waals surface area (Å²) in [7, 11) is 0. The van der Waals surface area contributed by atoms with Gasteiger partial charge in [0.2, 0.25) is 0 Å². The normalized spacial score (nSPS) is 13.2. The number of unbranched alkanes of at least 4 members (excludes halogenated alkanes) is 16. The molecule has 3 heterocycles.